The molecule has 1 aromatic carbocycles. The predicted octanol–water partition coefficient (Wildman–Crippen LogP) is 2.17. The normalized spacial score (nSPS) is 21.2. The first kappa shape index (κ1) is 17.6. The lowest BCUT2D eigenvalue weighted by molar-refractivity contribution is 0.145. The molecule has 2 aliphatic rings. The highest BCUT2D eigenvalue weighted by Gasteiger charge is 2.33. The van der Waals surface area contributed by atoms with Crippen LogP contribution in [0.3, 0.4) is 0 Å². The quantitative estimate of drug-likeness (QED) is 0.350. The summed E-state index contributed by atoms with van der Waals surface area (Å²) in [5.41, 5.74) is 8.15. The molecule has 2 heterocycles. The number of ether oxygens (including phenoxy) is 1. The van der Waals surface area contributed by atoms with Crippen LogP contribution in [0.15, 0.2) is 17.2 Å². The lowest BCUT2D eigenvalue weighted by Crippen LogP contribution is -2.41. The van der Waals surface area contributed by atoms with E-state index in [-0.39, 0.29) is 24.5 Å². The van der Waals surface area contributed by atoms with Gasteiger partial charge in [-0.15, -0.1) is 0 Å². The molecule has 8 nitrogen and oxygen atoms in total. The number of hydrogen-bond acceptors (Lipinski definition) is 5. The Morgan fingerprint density at radius 2 is 2.00 bits per heavy atom. The summed E-state index contributed by atoms with van der Waals surface area (Å²) in [6.45, 7) is 0.602. The standard InChI is InChI=1S/C14H15F2N5O3S/c15-11-5-9(21-8-10(7-18-19-17)24-14(21)22)6-12(16)13(11)20-1-3-25(23)4-2-20/h5-6,10H,1-4,7-8H2/t10-/m0/s1. The summed E-state index contributed by atoms with van der Waals surface area (Å²) in [7, 11) is 0. The molecule has 1 aromatic rings. The van der Waals surface area contributed by atoms with Crippen molar-refractivity contribution in [3.05, 3.63) is 34.2 Å². The van der Waals surface area contributed by atoms with Gasteiger partial charge in [0, 0.05) is 17.0 Å². The summed E-state index contributed by atoms with van der Waals surface area (Å²) in [6, 6.07) is 2.14. The Labute approximate surface area is 145 Å². The molecule has 0 saturated carbocycles. The molecular formula is C14H15F2N5O3S. The third-order valence-electron chi connectivity index (χ3n) is 4.03. The molecule has 0 bridgehead atoms. The highest BCUT2D eigenvalue weighted by atomic mass is 32.2. The summed E-state index contributed by atoms with van der Waals surface area (Å²) < 4.78 is 45.3. The number of benzene rings is 1. The average molecular weight is 371 g/mol. The number of carbonyl (C=O) groups is 1. The van der Waals surface area contributed by atoms with Crippen molar-refractivity contribution in [1.29, 1.82) is 0 Å². The van der Waals surface area contributed by atoms with Crippen LogP contribution in [0.25, 0.3) is 10.4 Å². The second-order valence-corrected chi connectivity index (χ2v) is 7.32. The van der Waals surface area contributed by atoms with Crippen molar-refractivity contribution in [1.82, 2.24) is 0 Å². The molecule has 1 amide bonds. The molecule has 0 radical (unpaired) electrons. The zero-order chi connectivity index (χ0) is 18.0. The lowest BCUT2D eigenvalue weighted by atomic mass is 10.2. The maximum atomic E-state index is 14.5. The van der Waals surface area contributed by atoms with E-state index >= 15 is 0 Å². The van der Waals surface area contributed by atoms with E-state index in [0.717, 1.165) is 17.0 Å². The van der Waals surface area contributed by atoms with Crippen molar-refractivity contribution in [3.63, 3.8) is 0 Å². The maximum absolute atomic E-state index is 14.5. The monoisotopic (exact) mass is 371 g/mol. The Morgan fingerprint density at radius 3 is 2.60 bits per heavy atom. The van der Waals surface area contributed by atoms with Gasteiger partial charge in [0.2, 0.25) is 0 Å². The van der Waals surface area contributed by atoms with E-state index in [0.29, 0.717) is 24.6 Å². The number of anilines is 2. The van der Waals surface area contributed by atoms with E-state index in [1.807, 2.05) is 0 Å². The zero-order valence-corrected chi connectivity index (χ0v) is 13.9. The van der Waals surface area contributed by atoms with E-state index in [2.05, 4.69) is 10.0 Å². The molecule has 0 unspecified atom stereocenters. The second kappa shape index (κ2) is 7.34. The first-order valence-electron chi connectivity index (χ1n) is 7.57. The van der Waals surface area contributed by atoms with Gasteiger partial charge in [-0.1, -0.05) is 16.3 Å². The van der Waals surface area contributed by atoms with Crippen LogP contribution in [0, 0.1) is 11.6 Å². The largest absolute Gasteiger partial charge is 0.616 e. The fourth-order valence-electron chi connectivity index (χ4n) is 2.83. The number of azide groups is 1. The van der Waals surface area contributed by atoms with Crippen molar-refractivity contribution in [2.75, 3.05) is 47.5 Å². The number of hydrogen-bond donors (Lipinski definition) is 0. The number of amides is 1. The topological polar surface area (TPSA) is 105 Å². The van der Waals surface area contributed by atoms with Gasteiger partial charge in [0.25, 0.3) is 0 Å². The SMILES string of the molecule is [N-]=[N+]=NC[C@H]1CN(c2cc(F)c(N3CC[S+]([O-])CC3)c(F)c2)C(=O)O1. The van der Waals surface area contributed by atoms with Crippen molar-refractivity contribution < 1.29 is 22.9 Å². The van der Waals surface area contributed by atoms with Gasteiger partial charge in [-0.3, -0.25) is 4.90 Å². The first-order chi connectivity index (χ1) is 12.0. The summed E-state index contributed by atoms with van der Waals surface area (Å²) in [4.78, 5) is 17.1. The Morgan fingerprint density at radius 1 is 1.36 bits per heavy atom. The van der Waals surface area contributed by atoms with Crippen LogP contribution >= 0.6 is 0 Å². The molecule has 11 heteroatoms. The predicted molar refractivity (Wildman–Crippen MR) is 88.1 cm³/mol. The molecule has 0 aliphatic carbocycles. The van der Waals surface area contributed by atoms with Gasteiger partial charge in [-0.25, -0.2) is 13.6 Å². The van der Waals surface area contributed by atoms with E-state index in [4.69, 9.17) is 10.3 Å². The van der Waals surface area contributed by atoms with Crippen molar-refractivity contribution >= 4 is 28.6 Å². The van der Waals surface area contributed by atoms with Crippen molar-refractivity contribution in [3.8, 4) is 0 Å². The minimum Gasteiger partial charge on any atom is -0.616 e. The van der Waals surface area contributed by atoms with Gasteiger partial charge in [-0.2, -0.15) is 0 Å². The molecule has 2 aliphatic heterocycles. The van der Waals surface area contributed by atoms with E-state index in [1.165, 1.54) is 4.90 Å². The number of cyclic esters (lactones) is 1. The average Bonchev–Trinajstić information content (AvgIpc) is 2.95. The first-order valence-corrected chi connectivity index (χ1v) is 9.06. The third-order valence-corrected chi connectivity index (χ3v) is 5.31. The van der Waals surface area contributed by atoms with Gasteiger partial charge >= 0.3 is 6.09 Å². The van der Waals surface area contributed by atoms with E-state index in [9.17, 15) is 18.1 Å². The minimum atomic E-state index is -0.956. The van der Waals surface area contributed by atoms with Crippen molar-refractivity contribution in [2.45, 2.75) is 6.10 Å². The Bertz CT molecular complexity index is 699. The van der Waals surface area contributed by atoms with Crippen LogP contribution in [-0.2, 0) is 15.9 Å². The van der Waals surface area contributed by atoms with Crippen LogP contribution in [0.1, 0.15) is 0 Å². The summed E-state index contributed by atoms with van der Waals surface area (Å²) in [5.74, 6) is -0.872. The maximum Gasteiger partial charge on any atom is 0.414 e. The van der Waals surface area contributed by atoms with Gasteiger partial charge in [0.1, 0.15) is 23.3 Å². The second-order valence-electron chi connectivity index (χ2n) is 5.62. The molecule has 0 spiro atoms. The van der Waals surface area contributed by atoms with E-state index in [1.54, 1.807) is 0 Å². The highest BCUT2D eigenvalue weighted by Crippen LogP contribution is 2.31. The fraction of sp³-hybridized carbons (Fsp3) is 0.500. The van der Waals surface area contributed by atoms with Gasteiger partial charge in [0.15, 0.2) is 11.6 Å². The number of nitrogens with zero attached hydrogens (tertiary/aromatic N) is 5. The smallest absolute Gasteiger partial charge is 0.414 e. The highest BCUT2D eigenvalue weighted by molar-refractivity contribution is 7.91. The van der Waals surface area contributed by atoms with Gasteiger partial charge < -0.3 is 14.2 Å². The van der Waals surface area contributed by atoms with Crippen LogP contribution in [0.5, 0.6) is 0 Å². The molecule has 2 saturated heterocycles. The summed E-state index contributed by atoms with van der Waals surface area (Å²) in [6.07, 6.45) is -1.41. The minimum absolute atomic E-state index is 0.0350. The third kappa shape index (κ3) is 3.73. The Kier molecular flexibility index (Phi) is 5.16. The zero-order valence-electron chi connectivity index (χ0n) is 13.1. The number of carbonyl (C=O) groups excluding carboxylic acids is 1. The van der Waals surface area contributed by atoms with Crippen molar-refractivity contribution in [2.24, 2.45) is 5.11 Å². The molecule has 134 valence electrons. The van der Waals surface area contributed by atoms with Crippen LogP contribution in [0.4, 0.5) is 25.0 Å². The molecule has 1 atom stereocenters. The van der Waals surface area contributed by atoms with Crippen LogP contribution in [-0.4, -0.2) is 54.4 Å². The molecule has 0 aromatic heterocycles. The summed E-state index contributed by atoms with van der Waals surface area (Å²) >= 11 is -0.956. The van der Waals surface area contributed by atoms with Crippen LogP contribution < -0.4 is 9.80 Å². The Balaban J connectivity index is 1.80. The fourth-order valence-corrected chi connectivity index (χ4v) is 3.88. The van der Waals surface area contributed by atoms with Gasteiger partial charge in [0.05, 0.1) is 31.9 Å². The van der Waals surface area contributed by atoms with E-state index < -0.39 is 35.0 Å². The molecular weight excluding hydrogens is 356 g/mol. The van der Waals surface area contributed by atoms with Gasteiger partial charge in [-0.05, 0) is 5.53 Å². The molecule has 0 N–H and O–H groups in total. The molecule has 25 heavy (non-hydrogen) atoms. The number of halogens is 2. The Hall–Kier alpha value is -2.23. The van der Waals surface area contributed by atoms with Crippen LogP contribution in [0.2, 0.25) is 0 Å². The molecule has 3 rings (SSSR count). The summed E-state index contributed by atoms with van der Waals surface area (Å²) in [5, 5.41) is 3.33. The molecule has 2 fully saturated rings. The number of rotatable bonds is 4. The lowest BCUT2D eigenvalue weighted by Gasteiger charge is -2.30.